The summed E-state index contributed by atoms with van der Waals surface area (Å²) in [5.41, 5.74) is 5.43. The summed E-state index contributed by atoms with van der Waals surface area (Å²) >= 11 is 0. The Kier molecular flexibility index (Phi) is 2.84. The number of hydrogen-bond donors (Lipinski definition) is 2. The number of rotatable bonds is 6. The Morgan fingerprint density at radius 2 is 2.12 bits per heavy atom. The average molecular weight is 234 g/mol. The van der Waals surface area contributed by atoms with Gasteiger partial charge in [-0.3, -0.25) is 0 Å². The molecule has 0 unspecified atom stereocenters. The molecule has 3 rings (SSSR count). The van der Waals surface area contributed by atoms with E-state index in [2.05, 4.69) is 15.3 Å². The summed E-state index contributed by atoms with van der Waals surface area (Å²) in [6.45, 7) is 1.01. The van der Waals surface area contributed by atoms with Gasteiger partial charge in [-0.05, 0) is 25.7 Å². The van der Waals surface area contributed by atoms with Gasteiger partial charge in [-0.1, -0.05) is 0 Å². The molecular formula is C12H18N4O. The van der Waals surface area contributed by atoms with Crippen molar-refractivity contribution in [3.8, 4) is 5.88 Å². The lowest BCUT2D eigenvalue weighted by atomic mass is 10.4. The maximum Gasteiger partial charge on any atom is 0.218 e. The van der Waals surface area contributed by atoms with Gasteiger partial charge in [0.1, 0.15) is 18.2 Å². The van der Waals surface area contributed by atoms with Gasteiger partial charge >= 0.3 is 0 Å². The molecule has 92 valence electrons. The molecule has 2 aliphatic rings. The van der Waals surface area contributed by atoms with Gasteiger partial charge in [-0.25, -0.2) is 4.98 Å². The third kappa shape index (κ3) is 2.85. The van der Waals surface area contributed by atoms with Gasteiger partial charge in [-0.2, -0.15) is 4.98 Å². The SMILES string of the molecule is NCCOc1cc(NC2CC2)nc(C2CC2)n1. The highest BCUT2D eigenvalue weighted by Crippen LogP contribution is 2.39. The normalized spacial score (nSPS) is 19.1. The van der Waals surface area contributed by atoms with Crippen LogP contribution in [-0.2, 0) is 0 Å². The highest BCUT2D eigenvalue weighted by molar-refractivity contribution is 5.41. The van der Waals surface area contributed by atoms with Crippen LogP contribution < -0.4 is 15.8 Å². The van der Waals surface area contributed by atoms with Crippen LogP contribution in [-0.4, -0.2) is 29.2 Å². The van der Waals surface area contributed by atoms with E-state index in [1.807, 2.05) is 6.07 Å². The lowest BCUT2D eigenvalue weighted by Gasteiger charge is -2.09. The molecule has 0 bridgehead atoms. The van der Waals surface area contributed by atoms with Crippen molar-refractivity contribution in [2.75, 3.05) is 18.5 Å². The van der Waals surface area contributed by atoms with Crippen molar-refractivity contribution in [3.05, 3.63) is 11.9 Å². The topological polar surface area (TPSA) is 73.1 Å². The Morgan fingerprint density at radius 3 is 2.76 bits per heavy atom. The lowest BCUT2D eigenvalue weighted by Crippen LogP contribution is -2.13. The Morgan fingerprint density at radius 1 is 1.29 bits per heavy atom. The maximum atomic E-state index is 5.50. The second-order valence-electron chi connectivity index (χ2n) is 4.78. The van der Waals surface area contributed by atoms with Crippen molar-refractivity contribution >= 4 is 5.82 Å². The van der Waals surface area contributed by atoms with Gasteiger partial charge in [0.05, 0.1) is 0 Å². The van der Waals surface area contributed by atoms with Crippen molar-refractivity contribution in [2.24, 2.45) is 5.73 Å². The minimum atomic E-state index is 0.504. The molecule has 1 aromatic rings. The molecule has 0 atom stereocenters. The van der Waals surface area contributed by atoms with Gasteiger partial charge in [0.2, 0.25) is 5.88 Å². The van der Waals surface area contributed by atoms with E-state index >= 15 is 0 Å². The zero-order valence-electron chi connectivity index (χ0n) is 9.85. The summed E-state index contributed by atoms with van der Waals surface area (Å²) in [5.74, 6) is 3.01. The monoisotopic (exact) mass is 234 g/mol. The van der Waals surface area contributed by atoms with Crippen LogP contribution in [0, 0.1) is 0 Å². The fraction of sp³-hybridized carbons (Fsp3) is 0.667. The number of nitrogens with zero attached hydrogens (tertiary/aromatic N) is 2. The van der Waals surface area contributed by atoms with Crippen LogP contribution in [0.1, 0.15) is 37.4 Å². The van der Waals surface area contributed by atoms with Crippen LogP contribution in [0.25, 0.3) is 0 Å². The molecule has 17 heavy (non-hydrogen) atoms. The first-order valence-corrected chi connectivity index (χ1v) is 6.33. The van der Waals surface area contributed by atoms with E-state index in [1.165, 1.54) is 25.7 Å². The van der Waals surface area contributed by atoms with Crippen LogP contribution in [0.5, 0.6) is 5.88 Å². The number of nitrogens with two attached hydrogens (primary N) is 1. The number of hydrogen-bond acceptors (Lipinski definition) is 5. The summed E-state index contributed by atoms with van der Waals surface area (Å²) in [7, 11) is 0. The Labute approximate surface area is 101 Å². The maximum absolute atomic E-state index is 5.50. The van der Waals surface area contributed by atoms with Crippen molar-refractivity contribution in [1.82, 2.24) is 9.97 Å². The molecule has 2 aliphatic carbocycles. The fourth-order valence-electron chi connectivity index (χ4n) is 1.72. The molecule has 5 nitrogen and oxygen atoms in total. The van der Waals surface area contributed by atoms with E-state index in [-0.39, 0.29) is 0 Å². The molecule has 0 spiro atoms. The minimum Gasteiger partial charge on any atom is -0.476 e. The summed E-state index contributed by atoms with van der Waals surface area (Å²) in [6, 6.07) is 2.47. The third-order valence-corrected chi connectivity index (χ3v) is 2.96. The van der Waals surface area contributed by atoms with Crippen LogP contribution in [0.15, 0.2) is 6.07 Å². The third-order valence-electron chi connectivity index (χ3n) is 2.96. The average Bonchev–Trinajstić information content (AvgIpc) is 3.17. The van der Waals surface area contributed by atoms with Crippen molar-refractivity contribution < 1.29 is 4.74 Å². The standard InChI is InChI=1S/C12H18N4O/c13-5-6-17-11-7-10(14-9-3-4-9)15-12(16-11)8-1-2-8/h7-9H,1-6,13H2,(H,14,15,16). The van der Waals surface area contributed by atoms with Crippen LogP contribution >= 0.6 is 0 Å². The molecule has 0 aromatic carbocycles. The van der Waals surface area contributed by atoms with Gasteiger partial charge in [0.25, 0.3) is 0 Å². The number of nitrogens with one attached hydrogen (secondary N) is 1. The van der Waals surface area contributed by atoms with Gasteiger partial charge in [0.15, 0.2) is 0 Å². The first kappa shape index (κ1) is 10.8. The first-order chi connectivity index (χ1) is 8.35. The van der Waals surface area contributed by atoms with Gasteiger partial charge in [-0.15, -0.1) is 0 Å². The summed E-state index contributed by atoms with van der Waals surface area (Å²) in [5, 5.41) is 3.39. The van der Waals surface area contributed by atoms with Crippen molar-refractivity contribution in [2.45, 2.75) is 37.6 Å². The van der Waals surface area contributed by atoms with E-state index in [1.54, 1.807) is 0 Å². The zero-order chi connectivity index (χ0) is 11.7. The van der Waals surface area contributed by atoms with Crippen molar-refractivity contribution in [3.63, 3.8) is 0 Å². The minimum absolute atomic E-state index is 0.504. The smallest absolute Gasteiger partial charge is 0.218 e. The van der Waals surface area contributed by atoms with E-state index in [4.69, 9.17) is 10.5 Å². The number of aromatic nitrogens is 2. The van der Waals surface area contributed by atoms with E-state index in [0.29, 0.717) is 31.0 Å². The largest absolute Gasteiger partial charge is 0.476 e. The second-order valence-corrected chi connectivity index (χ2v) is 4.78. The first-order valence-electron chi connectivity index (χ1n) is 6.33. The Hall–Kier alpha value is -1.36. The second kappa shape index (κ2) is 4.49. The molecule has 0 saturated heterocycles. The highest BCUT2D eigenvalue weighted by Gasteiger charge is 2.28. The molecule has 0 amide bonds. The summed E-state index contributed by atoms with van der Waals surface area (Å²) in [6.07, 6.45) is 4.87. The predicted molar refractivity (Wildman–Crippen MR) is 65.2 cm³/mol. The molecule has 1 heterocycles. The van der Waals surface area contributed by atoms with Gasteiger partial charge in [0, 0.05) is 24.6 Å². The van der Waals surface area contributed by atoms with E-state index in [0.717, 1.165) is 11.6 Å². The van der Waals surface area contributed by atoms with Crippen molar-refractivity contribution in [1.29, 1.82) is 0 Å². The number of anilines is 1. The van der Waals surface area contributed by atoms with Crippen LogP contribution in [0.2, 0.25) is 0 Å². The molecule has 0 aliphatic heterocycles. The number of ether oxygens (including phenoxy) is 1. The Balaban J connectivity index is 1.77. The van der Waals surface area contributed by atoms with Crippen LogP contribution in [0.4, 0.5) is 5.82 Å². The Bertz CT molecular complexity index is 401. The highest BCUT2D eigenvalue weighted by atomic mass is 16.5. The van der Waals surface area contributed by atoms with Crippen LogP contribution in [0.3, 0.4) is 0 Å². The molecule has 5 heteroatoms. The van der Waals surface area contributed by atoms with E-state index in [9.17, 15) is 0 Å². The van der Waals surface area contributed by atoms with E-state index < -0.39 is 0 Å². The molecule has 1 aromatic heterocycles. The zero-order valence-corrected chi connectivity index (χ0v) is 9.85. The summed E-state index contributed by atoms with van der Waals surface area (Å²) in [4.78, 5) is 8.98. The quantitative estimate of drug-likeness (QED) is 0.775. The molecule has 3 N–H and O–H groups in total. The van der Waals surface area contributed by atoms with Gasteiger partial charge < -0.3 is 15.8 Å². The molecular weight excluding hydrogens is 216 g/mol. The molecule has 2 fully saturated rings. The lowest BCUT2D eigenvalue weighted by molar-refractivity contribution is 0.314. The molecule has 0 radical (unpaired) electrons. The fourth-order valence-corrected chi connectivity index (χ4v) is 1.72. The predicted octanol–water partition coefficient (Wildman–Crippen LogP) is 1.27. The summed E-state index contributed by atoms with van der Waals surface area (Å²) < 4.78 is 5.50. The molecule has 2 saturated carbocycles.